The summed E-state index contributed by atoms with van der Waals surface area (Å²) in [5, 5.41) is 25.2. The first-order chi connectivity index (χ1) is 55.5. The van der Waals surface area contributed by atoms with E-state index >= 15 is 0 Å². The second kappa shape index (κ2) is 26.6. The van der Waals surface area contributed by atoms with Gasteiger partial charge < -0.3 is 9.13 Å². The molecule has 2 aromatic heterocycles. The van der Waals surface area contributed by atoms with Gasteiger partial charge in [0.2, 0.25) is 0 Å². The normalized spacial score (nSPS) is 11.8. The minimum atomic E-state index is 1.15. The summed E-state index contributed by atoms with van der Waals surface area (Å²) < 4.78 is 4.83. The fourth-order valence-corrected chi connectivity index (χ4v) is 18.2. The predicted octanol–water partition coefficient (Wildman–Crippen LogP) is 30.5. The molecule has 0 fully saturated rings. The molecule has 2 heteroatoms. The number of para-hydroxylation sites is 2. The van der Waals surface area contributed by atoms with Crippen LogP contribution in [0.25, 0.3) is 219 Å². The Morgan fingerprint density at radius 3 is 0.652 bits per heavy atom. The van der Waals surface area contributed by atoms with Crippen LogP contribution in [0.3, 0.4) is 0 Å². The molecule has 23 aromatic rings. The van der Waals surface area contributed by atoms with E-state index < -0.39 is 0 Å². The lowest BCUT2D eigenvalue weighted by Gasteiger charge is -2.18. The van der Waals surface area contributed by atoms with Gasteiger partial charge in [-0.15, -0.1) is 0 Å². The lowest BCUT2D eigenvalue weighted by molar-refractivity contribution is 1.18. The van der Waals surface area contributed by atoms with Crippen molar-refractivity contribution in [3.8, 4) is 89.3 Å². The molecule has 0 aliphatic carbocycles. The quantitative estimate of drug-likeness (QED) is 0.128. The van der Waals surface area contributed by atoms with Crippen molar-refractivity contribution in [1.82, 2.24) is 9.13 Å². The molecule has 0 aliphatic rings. The van der Waals surface area contributed by atoms with Crippen LogP contribution in [0.5, 0.6) is 0 Å². The lowest BCUT2D eigenvalue weighted by atomic mass is 9.85. The highest BCUT2D eigenvalue weighted by molar-refractivity contribution is 6.24. The van der Waals surface area contributed by atoms with Crippen LogP contribution in [0.4, 0.5) is 0 Å². The number of hydrogen-bond acceptors (Lipinski definition) is 0. The van der Waals surface area contributed by atoms with Gasteiger partial charge in [-0.3, -0.25) is 0 Å². The SMILES string of the molecule is c1ccc2cc(-c3ccc(-c4c5ccccc5c(-c5ccc(-n6c7ccccc7c7cc(-c8ccc9ccccc9c8)ccc76)cc5)c5ccccc45)cc3)ccc2c1.c1ccc2cc(-c3ccc4c(c3)c3ccccc3n4-c3ccc(-c4c5ccccc5c(-c5ccc6ccccc6c5)c5ccccc45)cc3)ccc2c1. The van der Waals surface area contributed by atoms with Crippen LogP contribution in [0.2, 0.25) is 0 Å². The number of hydrogen-bond donors (Lipinski definition) is 0. The summed E-state index contributed by atoms with van der Waals surface area (Å²) in [5.74, 6) is 0. The van der Waals surface area contributed by atoms with Crippen LogP contribution in [0, 0.1) is 0 Å². The van der Waals surface area contributed by atoms with Crippen molar-refractivity contribution in [2.24, 2.45) is 0 Å². The number of benzene rings is 21. The zero-order chi connectivity index (χ0) is 73.7. The van der Waals surface area contributed by atoms with Crippen molar-refractivity contribution >= 4 is 130 Å². The molecule has 0 atom stereocenters. The topological polar surface area (TPSA) is 9.86 Å². The van der Waals surface area contributed by atoms with Crippen LogP contribution in [0.15, 0.2) is 425 Å². The van der Waals surface area contributed by atoms with Gasteiger partial charge >= 0.3 is 0 Å². The van der Waals surface area contributed by atoms with Gasteiger partial charge in [0, 0.05) is 32.9 Å². The summed E-state index contributed by atoms with van der Waals surface area (Å²) in [6, 6.07) is 156. The van der Waals surface area contributed by atoms with Crippen molar-refractivity contribution in [2.75, 3.05) is 0 Å². The van der Waals surface area contributed by atoms with Gasteiger partial charge in [-0.05, 0) is 249 Å². The van der Waals surface area contributed by atoms with E-state index in [0.29, 0.717) is 0 Å². The number of nitrogens with zero attached hydrogens (tertiary/aromatic N) is 2. The Balaban J connectivity index is 0.000000138. The third-order valence-corrected chi connectivity index (χ3v) is 23.5. The first kappa shape index (κ1) is 64.5. The Morgan fingerprint density at radius 2 is 0.321 bits per heavy atom. The van der Waals surface area contributed by atoms with Gasteiger partial charge in [0.15, 0.2) is 0 Å². The molecule has 0 amide bonds. The van der Waals surface area contributed by atoms with E-state index in [9.17, 15) is 0 Å². The summed E-state index contributed by atoms with van der Waals surface area (Å²) in [4.78, 5) is 0. The fraction of sp³-hybridized carbons (Fsp3) is 0. The minimum Gasteiger partial charge on any atom is -0.309 e. The molecule has 0 saturated carbocycles. The van der Waals surface area contributed by atoms with Crippen molar-refractivity contribution < 1.29 is 0 Å². The molecule has 0 unspecified atom stereocenters. The Kier molecular flexibility index (Phi) is 15.3. The molecule has 0 N–H and O–H groups in total. The Morgan fingerprint density at radius 1 is 0.116 bits per heavy atom. The van der Waals surface area contributed by atoms with Crippen LogP contribution >= 0.6 is 0 Å². The molecule has 21 aromatic carbocycles. The molecule has 0 aliphatic heterocycles. The second-order valence-electron chi connectivity index (χ2n) is 29.8. The average molecular weight is 1420 g/mol. The molecule has 0 saturated heterocycles. The monoisotopic (exact) mass is 1420 g/mol. The molecule has 0 bridgehead atoms. The van der Waals surface area contributed by atoms with E-state index in [4.69, 9.17) is 0 Å². The smallest absolute Gasteiger partial charge is 0.0541 e. The highest BCUT2D eigenvalue weighted by Gasteiger charge is 2.22. The minimum absolute atomic E-state index is 1.15. The Labute approximate surface area is 648 Å². The largest absolute Gasteiger partial charge is 0.309 e. The van der Waals surface area contributed by atoms with E-state index in [0.717, 1.165) is 11.4 Å². The highest BCUT2D eigenvalue weighted by atomic mass is 15.0. The molecule has 23 rings (SSSR count). The van der Waals surface area contributed by atoms with E-state index in [2.05, 4.69) is 434 Å². The number of aromatic nitrogens is 2. The summed E-state index contributed by atoms with van der Waals surface area (Å²) in [5.41, 5.74) is 24.5. The van der Waals surface area contributed by atoms with E-state index in [1.54, 1.807) is 0 Å². The summed E-state index contributed by atoms with van der Waals surface area (Å²) in [6.07, 6.45) is 0. The molecule has 112 heavy (non-hydrogen) atoms. The van der Waals surface area contributed by atoms with Crippen molar-refractivity contribution in [3.05, 3.63) is 425 Å². The summed E-state index contributed by atoms with van der Waals surface area (Å²) >= 11 is 0. The second-order valence-corrected chi connectivity index (χ2v) is 29.8. The van der Waals surface area contributed by atoms with Gasteiger partial charge in [-0.25, -0.2) is 0 Å². The summed E-state index contributed by atoms with van der Waals surface area (Å²) in [6.45, 7) is 0. The lowest BCUT2D eigenvalue weighted by Crippen LogP contribution is -1.95. The molecule has 520 valence electrons. The third kappa shape index (κ3) is 10.9. The van der Waals surface area contributed by atoms with Crippen LogP contribution < -0.4 is 0 Å². The standard InChI is InChI=1S/C58H37N.C52H33N/c1-3-13-43-35-45(27-23-38(43)11-1)40-21-25-41(26-22-40)57-50-16-5-7-18-52(50)58(53-19-8-6-17-51(53)57)42-29-32-48(33-30-42)59-55-20-10-9-15-49(55)54-37-47(31-34-56(54)59)46-28-24-39-12-2-4-14-44(39)36-46;1-3-13-37-31-39(23-21-34(37)11-1)40-27-30-50-48(33-40)43-15-9-10-20-49(43)53(50)42-28-25-36(26-29-42)51-44-16-5-7-18-46(44)52(47-19-8-6-17-45(47)51)41-24-22-35-12-2-4-14-38(35)32-41/h1-37H;1-33H. The number of rotatable bonds is 9. The highest BCUT2D eigenvalue weighted by Crippen LogP contribution is 2.48. The first-order valence-electron chi connectivity index (χ1n) is 38.8. The third-order valence-electron chi connectivity index (χ3n) is 23.5. The van der Waals surface area contributed by atoms with Crippen molar-refractivity contribution in [3.63, 3.8) is 0 Å². The van der Waals surface area contributed by atoms with Gasteiger partial charge in [0.05, 0.1) is 22.1 Å². The van der Waals surface area contributed by atoms with Gasteiger partial charge in [0.1, 0.15) is 0 Å². The first-order valence-corrected chi connectivity index (χ1v) is 38.8. The van der Waals surface area contributed by atoms with E-state index in [-0.39, 0.29) is 0 Å². The Bertz CT molecular complexity index is 7610. The maximum atomic E-state index is 2.42. The van der Waals surface area contributed by atoms with Gasteiger partial charge in [-0.1, -0.05) is 340 Å². The molecule has 2 nitrogen and oxygen atoms in total. The summed E-state index contributed by atoms with van der Waals surface area (Å²) in [7, 11) is 0. The number of fused-ring (bicyclic) bond motifs is 14. The van der Waals surface area contributed by atoms with Crippen LogP contribution in [-0.4, -0.2) is 9.13 Å². The van der Waals surface area contributed by atoms with Crippen LogP contribution in [0.1, 0.15) is 0 Å². The molecule has 0 radical (unpaired) electrons. The van der Waals surface area contributed by atoms with Gasteiger partial charge in [0.25, 0.3) is 0 Å². The predicted molar refractivity (Wildman–Crippen MR) is 480 cm³/mol. The molecule has 0 spiro atoms. The Hall–Kier alpha value is -14.7. The molecular weight excluding hydrogens is 1350 g/mol. The maximum Gasteiger partial charge on any atom is 0.0541 e. The molecule has 2 heterocycles. The zero-order valence-electron chi connectivity index (χ0n) is 61.3. The fourth-order valence-electron chi connectivity index (χ4n) is 18.2. The van der Waals surface area contributed by atoms with Crippen LogP contribution in [-0.2, 0) is 0 Å². The van der Waals surface area contributed by atoms with E-state index in [1.165, 1.54) is 208 Å². The maximum absolute atomic E-state index is 2.42. The average Bonchev–Trinajstić information content (AvgIpc) is 1.31. The molecular formula is C110H70N2. The van der Waals surface area contributed by atoms with Crippen molar-refractivity contribution in [2.45, 2.75) is 0 Å². The van der Waals surface area contributed by atoms with Gasteiger partial charge in [-0.2, -0.15) is 0 Å². The van der Waals surface area contributed by atoms with Crippen molar-refractivity contribution in [1.29, 1.82) is 0 Å². The zero-order valence-corrected chi connectivity index (χ0v) is 61.3. The van der Waals surface area contributed by atoms with E-state index in [1.807, 2.05) is 0 Å².